The van der Waals surface area contributed by atoms with Gasteiger partial charge in [0.05, 0.1) is 6.04 Å². The Balaban J connectivity index is 1.83. The molecule has 1 aliphatic carbocycles. The molecule has 0 radical (unpaired) electrons. The molecule has 0 aromatic carbocycles. The molecule has 1 amide bonds. The van der Waals surface area contributed by atoms with Crippen molar-refractivity contribution >= 4 is 17.2 Å². The van der Waals surface area contributed by atoms with E-state index in [0.29, 0.717) is 11.9 Å². The molecule has 3 rings (SSSR count). The lowest BCUT2D eigenvalue weighted by Crippen LogP contribution is -2.43. The van der Waals surface area contributed by atoms with Gasteiger partial charge in [-0.2, -0.15) is 0 Å². The van der Waals surface area contributed by atoms with E-state index in [9.17, 15) is 4.79 Å². The van der Waals surface area contributed by atoms with E-state index in [1.165, 1.54) is 24.1 Å². The van der Waals surface area contributed by atoms with Crippen LogP contribution in [0.2, 0.25) is 0 Å². The van der Waals surface area contributed by atoms with E-state index < -0.39 is 0 Å². The van der Waals surface area contributed by atoms with Crippen molar-refractivity contribution in [1.82, 2.24) is 10.2 Å². The van der Waals surface area contributed by atoms with Crippen LogP contribution in [0.3, 0.4) is 0 Å². The molecular formula is C14H20N2OS. The molecule has 4 heteroatoms. The van der Waals surface area contributed by atoms with Crippen LogP contribution in [0, 0.1) is 0 Å². The molecule has 0 bridgehead atoms. The highest BCUT2D eigenvalue weighted by molar-refractivity contribution is 7.10. The summed E-state index contributed by atoms with van der Waals surface area (Å²) < 4.78 is 0. The van der Waals surface area contributed by atoms with E-state index in [1.54, 1.807) is 11.3 Å². The van der Waals surface area contributed by atoms with Crippen LogP contribution in [0.4, 0.5) is 0 Å². The Morgan fingerprint density at radius 2 is 2.33 bits per heavy atom. The fourth-order valence-corrected chi connectivity index (χ4v) is 3.65. The Morgan fingerprint density at radius 3 is 2.89 bits per heavy atom. The summed E-state index contributed by atoms with van der Waals surface area (Å²) in [6.07, 6.45) is 5.74. The van der Waals surface area contributed by atoms with E-state index in [2.05, 4.69) is 34.7 Å². The number of hydrogen-bond acceptors (Lipinski definition) is 3. The van der Waals surface area contributed by atoms with Crippen molar-refractivity contribution in [2.24, 2.45) is 0 Å². The Labute approximate surface area is 112 Å². The normalized spacial score (nSPS) is 28.7. The highest BCUT2D eigenvalue weighted by Gasteiger charge is 2.44. The largest absolute Gasteiger partial charge is 0.318 e. The second-order valence-corrected chi connectivity index (χ2v) is 6.24. The predicted molar refractivity (Wildman–Crippen MR) is 73.4 cm³/mol. The zero-order valence-electron chi connectivity index (χ0n) is 10.8. The minimum absolute atomic E-state index is 0.0303. The molecule has 0 spiro atoms. The monoisotopic (exact) mass is 264 g/mol. The summed E-state index contributed by atoms with van der Waals surface area (Å²) in [4.78, 5) is 15.9. The summed E-state index contributed by atoms with van der Waals surface area (Å²) in [5, 5.41) is 5.62. The third-order valence-electron chi connectivity index (χ3n) is 4.05. The molecule has 2 unspecified atom stereocenters. The summed E-state index contributed by atoms with van der Waals surface area (Å²) in [6.45, 7) is 2.14. The van der Waals surface area contributed by atoms with E-state index in [1.807, 2.05) is 0 Å². The molecule has 1 saturated carbocycles. The highest BCUT2D eigenvalue weighted by Crippen LogP contribution is 2.37. The first-order valence-corrected chi connectivity index (χ1v) is 7.81. The standard InChI is InChI=1S/C14H20N2OS/c1-2-5-11-14(17)16(10-6-3-7-10)13(15-11)12-8-4-9-18-12/h4,8-11,13,15H,2-3,5-7H2,1H3. The van der Waals surface area contributed by atoms with Gasteiger partial charge in [-0.15, -0.1) is 11.3 Å². The van der Waals surface area contributed by atoms with Crippen LogP contribution in [-0.2, 0) is 4.79 Å². The fourth-order valence-electron chi connectivity index (χ4n) is 2.87. The second kappa shape index (κ2) is 5.02. The molecule has 2 heterocycles. The predicted octanol–water partition coefficient (Wildman–Crippen LogP) is 2.90. The van der Waals surface area contributed by atoms with Gasteiger partial charge in [0.1, 0.15) is 6.17 Å². The van der Waals surface area contributed by atoms with Crippen LogP contribution in [0.25, 0.3) is 0 Å². The van der Waals surface area contributed by atoms with Crippen molar-refractivity contribution < 1.29 is 4.79 Å². The third-order valence-corrected chi connectivity index (χ3v) is 4.97. The molecule has 1 saturated heterocycles. The van der Waals surface area contributed by atoms with Crippen molar-refractivity contribution in [2.45, 2.75) is 57.3 Å². The molecule has 2 aliphatic rings. The number of carbonyl (C=O) groups is 1. The maximum Gasteiger partial charge on any atom is 0.241 e. The molecule has 1 aliphatic heterocycles. The lowest BCUT2D eigenvalue weighted by atomic mass is 9.91. The van der Waals surface area contributed by atoms with Gasteiger partial charge in [0, 0.05) is 10.9 Å². The van der Waals surface area contributed by atoms with Crippen LogP contribution in [0.15, 0.2) is 17.5 Å². The van der Waals surface area contributed by atoms with E-state index in [4.69, 9.17) is 0 Å². The summed E-state index contributed by atoms with van der Waals surface area (Å²) in [7, 11) is 0. The summed E-state index contributed by atoms with van der Waals surface area (Å²) >= 11 is 1.74. The van der Waals surface area contributed by atoms with Gasteiger partial charge in [0.25, 0.3) is 0 Å². The van der Waals surface area contributed by atoms with Crippen LogP contribution < -0.4 is 5.32 Å². The summed E-state index contributed by atoms with van der Waals surface area (Å²) in [6, 6.07) is 4.70. The fraction of sp³-hybridized carbons (Fsp3) is 0.643. The number of nitrogens with one attached hydrogen (secondary N) is 1. The minimum Gasteiger partial charge on any atom is -0.318 e. The molecule has 1 aromatic heterocycles. The maximum absolute atomic E-state index is 12.5. The molecule has 18 heavy (non-hydrogen) atoms. The van der Waals surface area contributed by atoms with Gasteiger partial charge in [-0.05, 0) is 37.1 Å². The first-order chi connectivity index (χ1) is 8.81. The highest BCUT2D eigenvalue weighted by atomic mass is 32.1. The quantitative estimate of drug-likeness (QED) is 0.907. The topological polar surface area (TPSA) is 32.3 Å². The van der Waals surface area contributed by atoms with Crippen LogP contribution in [0.5, 0.6) is 0 Å². The molecular weight excluding hydrogens is 244 g/mol. The summed E-state index contributed by atoms with van der Waals surface area (Å²) in [5.74, 6) is 0.319. The smallest absolute Gasteiger partial charge is 0.241 e. The van der Waals surface area contributed by atoms with Gasteiger partial charge < -0.3 is 4.90 Å². The number of hydrogen-bond donors (Lipinski definition) is 1. The maximum atomic E-state index is 12.5. The van der Waals surface area contributed by atoms with Gasteiger partial charge >= 0.3 is 0 Å². The average Bonchev–Trinajstić information content (AvgIpc) is 2.90. The summed E-state index contributed by atoms with van der Waals surface area (Å²) in [5.41, 5.74) is 0. The van der Waals surface area contributed by atoms with Crippen LogP contribution >= 0.6 is 11.3 Å². The zero-order valence-corrected chi connectivity index (χ0v) is 11.6. The number of thiophene rings is 1. The second-order valence-electron chi connectivity index (χ2n) is 5.26. The molecule has 3 nitrogen and oxygen atoms in total. The van der Waals surface area contributed by atoms with E-state index >= 15 is 0 Å². The minimum atomic E-state index is 0.0303. The van der Waals surface area contributed by atoms with E-state index in [0.717, 1.165) is 12.8 Å². The first kappa shape index (κ1) is 12.2. The van der Waals surface area contributed by atoms with Gasteiger partial charge in [0.15, 0.2) is 0 Å². The third kappa shape index (κ3) is 1.97. The Morgan fingerprint density at radius 1 is 1.50 bits per heavy atom. The Kier molecular flexibility index (Phi) is 3.39. The molecule has 2 atom stereocenters. The van der Waals surface area contributed by atoms with Crippen molar-refractivity contribution in [2.75, 3.05) is 0 Å². The SMILES string of the molecule is CCCC1NC(c2cccs2)N(C2CCC2)C1=O. The lowest BCUT2D eigenvalue weighted by molar-refractivity contribution is -0.134. The van der Waals surface area contributed by atoms with Crippen molar-refractivity contribution in [1.29, 1.82) is 0 Å². The average molecular weight is 264 g/mol. The van der Waals surface area contributed by atoms with Crippen LogP contribution in [0.1, 0.15) is 50.1 Å². The van der Waals surface area contributed by atoms with Crippen molar-refractivity contribution in [3.63, 3.8) is 0 Å². The number of nitrogens with zero attached hydrogens (tertiary/aromatic N) is 1. The number of carbonyl (C=O) groups excluding carboxylic acids is 1. The van der Waals surface area contributed by atoms with E-state index in [-0.39, 0.29) is 12.2 Å². The van der Waals surface area contributed by atoms with Crippen molar-refractivity contribution in [3.05, 3.63) is 22.4 Å². The van der Waals surface area contributed by atoms with Gasteiger partial charge in [-0.25, -0.2) is 0 Å². The zero-order chi connectivity index (χ0) is 12.5. The lowest BCUT2D eigenvalue weighted by Gasteiger charge is -2.38. The number of amides is 1. The molecule has 2 fully saturated rings. The molecule has 98 valence electrons. The van der Waals surface area contributed by atoms with Gasteiger partial charge in [0.2, 0.25) is 5.91 Å². The number of rotatable bonds is 4. The Bertz CT molecular complexity index is 413. The molecule has 1 aromatic rings. The van der Waals surface area contributed by atoms with Gasteiger partial charge in [-0.1, -0.05) is 19.4 Å². The molecule has 1 N–H and O–H groups in total. The van der Waals surface area contributed by atoms with Gasteiger partial charge in [-0.3, -0.25) is 10.1 Å². The van der Waals surface area contributed by atoms with Crippen molar-refractivity contribution in [3.8, 4) is 0 Å². The van der Waals surface area contributed by atoms with Crippen LogP contribution in [-0.4, -0.2) is 22.9 Å². The first-order valence-electron chi connectivity index (χ1n) is 6.93. The Hall–Kier alpha value is -0.870.